The first-order chi connectivity index (χ1) is 12.9. The van der Waals surface area contributed by atoms with Gasteiger partial charge < -0.3 is 9.84 Å². The first-order valence-corrected chi connectivity index (χ1v) is 10.6. The molecule has 0 aromatic heterocycles. The van der Waals surface area contributed by atoms with Gasteiger partial charge in [0.25, 0.3) is 0 Å². The van der Waals surface area contributed by atoms with E-state index in [2.05, 4.69) is 4.72 Å². The third-order valence-electron chi connectivity index (χ3n) is 4.75. The Morgan fingerprint density at radius 2 is 1.78 bits per heavy atom. The molecule has 3 rings (SSSR count). The molecule has 1 aliphatic rings. The van der Waals surface area contributed by atoms with Gasteiger partial charge in [-0.3, -0.25) is 0 Å². The van der Waals surface area contributed by atoms with E-state index in [4.69, 9.17) is 4.74 Å². The molecule has 0 amide bonds. The van der Waals surface area contributed by atoms with Crippen LogP contribution in [0.2, 0.25) is 0 Å². The molecule has 0 saturated heterocycles. The van der Waals surface area contributed by atoms with Crippen LogP contribution in [-0.4, -0.2) is 32.3 Å². The Morgan fingerprint density at radius 1 is 1.11 bits per heavy atom. The summed E-state index contributed by atoms with van der Waals surface area (Å²) in [6.07, 6.45) is 1.92. The number of rotatable bonds is 6. The van der Waals surface area contributed by atoms with Crippen LogP contribution in [0.5, 0.6) is 5.75 Å². The molecule has 0 spiro atoms. The van der Waals surface area contributed by atoms with Crippen molar-refractivity contribution >= 4 is 10.0 Å². The number of nitrogens with one attached hydrogen (secondary N) is 1. The Balaban J connectivity index is 1.77. The smallest absolute Gasteiger partial charge is 0.240 e. The summed E-state index contributed by atoms with van der Waals surface area (Å²) < 4.78 is 47.7. The Bertz CT molecular complexity index is 875. The molecule has 0 bridgehead atoms. The molecule has 1 fully saturated rings. The van der Waals surface area contributed by atoms with E-state index in [1.165, 1.54) is 12.1 Å². The third kappa shape index (κ3) is 4.86. The van der Waals surface area contributed by atoms with Gasteiger partial charge >= 0.3 is 0 Å². The van der Waals surface area contributed by atoms with E-state index in [9.17, 15) is 17.9 Å². The Kier molecular flexibility index (Phi) is 6.14. The lowest BCUT2D eigenvalue weighted by atomic mass is 9.94. The maximum atomic E-state index is 14.6. The summed E-state index contributed by atoms with van der Waals surface area (Å²) in [5.74, 6) is 0.101. The second-order valence-corrected chi connectivity index (χ2v) is 8.44. The van der Waals surface area contributed by atoms with E-state index in [0.29, 0.717) is 49.2 Å². The largest absolute Gasteiger partial charge is 0.494 e. The van der Waals surface area contributed by atoms with Crippen LogP contribution < -0.4 is 9.46 Å². The molecule has 0 aliphatic heterocycles. The zero-order valence-electron chi connectivity index (χ0n) is 15.2. The number of sulfonamides is 1. The van der Waals surface area contributed by atoms with Crippen molar-refractivity contribution in [1.29, 1.82) is 0 Å². The van der Waals surface area contributed by atoms with Gasteiger partial charge in [-0.1, -0.05) is 18.2 Å². The van der Waals surface area contributed by atoms with Gasteiger partial charge in [0.2, 0.25) is 10.0 Å². The van der Waals surface area contributed by atoms with Crippen molar-refractivity contribution in [2.24, 2.45) is 0 Å². The molecule has 1 saturated carbocycles. The van der Waals surface area contributed by atoms with Crippen molar-refractivity contribution in [3.05, 3.63) is 48.3 Å². The van der Waals surface area contributed by atoms with Gasteiger partial charge in [0.15, 0.2) is 0 Å². The van der Waals surface area contributed by atoms with Crippen molar-refractivity contribution in [3.63, 3.8) is 0 Å². The van der Waals surface area contributed by atoms with Gasteiger partial charge in [0.1, 0.15) is 11.6 Å². The topological polar surface area (TPSA) is 75.6 Å². The van der Waals surface area contributed by atoms with Crippen molar-refractivity contribution < 1.29 is 22.7 Å². The molecule has 1 aliphatic carbocycles. The molecule has 0 unspecified atom stereocenters. The lowest BCUT2D eigenvalue weighted by Crippen LogP contribution is -2.38. The Labute approximate surface area is 159 Å². The second-order valence-electron chi connectivity index (χ2n) is 6.73. The van der Waals surface area contributed by atoms with E-state index in [1.54, 1.807) is 24.3 Å². The van der Waals surface area contributed by atoms with Crippen LogP contribution in [0.4, 0.5) is 4.39 Å². The SMILES string of the molecule is CCOc1ccc(-c2ccc(S(=O)(=O)N[C@H]3CC[C@H](O)CC3)cc2F)cc1. The highest BCUT2D eigenvalue weighted by Gasteiger charge is 2.25. The summed E-state index contributed by atoms with van der Waals surface area (Å²) in [7, 11) is -3.80. The minimum Gasteiger partial charge on any atom is -0.494 e. The molecule has 2 aromatic carbocycles. The van der Waals surface area contributed by atoms with E-state index in [0.717, 1.165) is 6.07 Å². The van der Waals surface area contributed by atoms with E-state index < -0.39 is 15.8 Å². The van der Waals surface area contributed by atoms with Crippen LogP contribution in [0.3, 0.4) is 0 Å². The monoisotopic (exact) mass is 393 g/mol. The predicted octanol–water partition coefficient (Wildman–Crippen LogP) is 3.47. The fraction of sp³-hybridized carbons (Fsp3) is 0.400. The van der Waals surface area contributed by atoms with Gasteiger partial charge in [0, 0.05) is 11.6 Å². The minimum absolute atomic E-state index is 0.0965. The van der Waals surface area contributed by atoms with Crippen LogP contribution in [0.25, 0.3) is 11.1 Å². The summed E-state index contributed by atoms with van der Waals surface area (Å²) in [6.45, 7) is 2.43. The number of hydrogen-bond donors (Lipinski definition) is 2. The highest BCUT2D eigenvalue weighted by Crippen LogP contribution is 2.27. The Hall–Kier alpha value is -1.96. The number of benzene rings is 2. The van der Waals surface area contributed by atoms with Crippen LogP contribution in [-0.2, 0) is 10.0 Å². The van der Waals surface area contributed by atoms with Crippen molar-refractivity contribution in [1.82, 2.24) is 4.72 Å². The van der Waals surface area contributed by atoms with Crippen LogP contribution >= 0.6 is 0 Å². The minimum atomic E-state index is -3.80. The van der Waals surface area contributed by atoms with Crippen molar-refractivity contribution in [3.8, 4) is 16.9 Å². The predicted molar refractivity (Wildman–Crippen MR) is 102 cm³/mol. The second kappa shape index (κ2) is 8.37. The van der Waals surface area contributed by atoms with Crippen LogP contribution in [0.15, 0.2) is 47.4 Å². The number of aliphatic hydroxyl groups is 1. The highest BCUT2D eigenvalue weighted by atomic mass is 32.2. The summed E-state index contributed by atoms with van der Waals surface area (Å²) in [4.78, 5) is -0.0965. The van der Waals surface area contributed by atoms with Crippen LogP contribution in [0, 0.1) is 5.82 Å². The average Bonchev–Trinajstić information content (AvgIpc) is 2.64. The summed E-state index contributed by atoms with van der Waals surface area (Å²) in [5.41, 5.74) is 0.979. The van der Waals surface area contributed by atoms with Crippen molar-refractivity contribution in [2.75, 3.05) is 6.61 Å². The number of halogens is 1. The van der Waals surface area contributed by atoms with Crippen molar-refractivity contribution in [2.45, 2.75) is 49.6 Å². The lowest BCUT2D eigenvalue weighted by Gasteiger charge is -2.26. The van der Waals surface area contributed by atoms with Gasteiger partial charge in [0.05, 0.1) is 17.6 Å². The molecule has 0 radical (unpaired) electrons. The molecule has 7 heteroatoms. The van der Waals surface area contributed by atoms with E-state index >= 15 is 0 Å². The zero-order chi connectivity index (χ0) is 19.4. The molecular formula is C20H24FNO4S. The fourth-order valence-corrected chi connectivity index (χ4v) is 4.59. The molecule has 0 heterocycles. The van der Waals surface area contributed by atoms with E-state index in [1.807, 2.05) is 6.92 Å². The zero-order valence-corrected chi connectivity index (χ0v) is 16.0. The standard InChI is InChI=1S/C20H24FNO4S/c1-2-26-17-9-3-14(4-10-17)19-12-11-18(13-20(19)21)27(24,25)22-15-5-7-16(23)8-6-15/h3-4,9-13,15-16,22-23H,2,5-8H2,1H3/t15-,16-. The third-order valence-corrected chi connectivity index (χ3v) is 6.26. The molecule has 0 atom stereocenters. The Morgan fingerprint density at radius 3 is 2.37 bits per heavy atom. The summed E-state index contributed by atoms with van der Waals surface area (Å²) in [6, 6.07) is 10.7. The molecule has 146 valence electrons. The van der Waals surface area contributed by atoms with Crippen LogP contribution in [0.1, 0.15) is 32.6 Å². The lowest BCUT2D eigenvalue weighted by molar-refractivity contribution is 0.120. The van der Waals surface area contributed by atoms with Gasteiger partial charge in [-0.05, 0) is 62.4 Å². The number of aliphatic hydroxyl groups excluding tert-OH is 1. The first kappa shape index (κ1) is 19.8. The molecule has 2 aromatic rings. The first-order valence-electron chi connectivity index (χ1n) is 9.12. The fourth-order valence-electron chi connectivity index (χ4n) is 3.28. The molecule has 5 nitrogen and oxygen atoms in total. The molecule has 27 heavy (non-hydrogen) atoms. The molecular weight excluding hydrogens is 369 g/mol. The maximum Gasteiger partial charge on any atom is 0.240 e. The van der Waals surface area contributed by atoms with Gasteiger partial charge in [-0.2, -0.15) is 0 Å². The summed E-state index contributed by atoms with van der Waals surface area (Å²) >= 11 is 0. The van der Waals surface area contributed by atoms with E-state index in [-0.39, 0.29) is 17.0 Å². The highest BCUT2D eigenvalue weighted by molar-refractivity contribution is 7.89. The summed E-state index contributed by atoms with van der Waals surface area (Å²) in [5, 5.41) is 9.53. The molecule has 2 N–H and O–H groups in total. The average molecular weight is 393 g/mol. The van der Waals surface area contributed by atoms with Gasteiger partial charge in [-0.25, -0.2) is 17.5 Å². The number of hydrogen-bond acceptors (Lipinski definition) is 4. The number of ether oxygens (including phenoxy) is 1. The normalized spacial score (nSPS) is 20.4. The quantitative estimate of drug-likeness (QED) is 0.788. The van der Waals surface area contributed by atoms with Gasteiger partial charge in [-0.15, -0.1) is 0 Å². The maximum absolute atomic E-state index is 14.6.